The van der Waals surface area contributed by atoms with Gasteiger partial charge in [0.05, 0.1) is 2.88 Å². The Kier molecular flexibility index (Phi) is 5.04. The number of rotatable bonds is 5. The average Bonchev–Trinajstić information content (AvgIpc) is 3.01. The van der Waals surface area contributed by atoms with E-state index >= 15 is 0 Å². The number of aromatic nitrogens is 1. The van der Waals surface area contributed by atoms with Gasteiger partial charge in [0.25, 0.3) is 5.91 Å². The Morgan fingerprint density at radius 1 is 1.37 bits per heavy atom. The molecule has 0 bridgehead atoms. The van der Waals surface area contributed by atoms with Crippen LogP contribution in [0.3, 0.4) is 0 Å². The summed E-state index contributed by atoms with van der Waals surface area (Å²) in [5.41, 5.74) is 2.04. The molecule has 0 aliphatic rings. The van der Waals surface area contributed by atoms with E-state index in [0.717, 1.165) is 25.3 Å². The van der Waals surface area contributed by atoms with Gasteiger partial charge in [-0.2, -0.15) is 0 Å². The molecule has 0 unspecified atom stereocenters. The Morgan fingerprint density at radius 2 is 2.11 bits per heavy atom. The lowest BCUT2D eigenvalue weighted by Crippen LogP contribution is -2.32. The molecule has 0 atom stereocenters. The third kappa shape index (κ3) is 3.20. The Morgan fingerprint density at radius 3 is 2.68 bits per heavy atom. The molecule has 0 radical (unpaired) electrons. The van der Waals surface area contributed by atoms with E-state index in [-0.39, 0.29) is 5.91 Å². The van der Waals surface area contributed by atoms with E-state index in [0.29, 0.717) is 0 Å². The maximum atomic E-state index is 12.4. The van der Waals surface area contributed by atoms with Crippen molar-refractivity contribution in [2.45, 2.75) is 20.4 Å². The number of halogens is 1. The first-order chi connectivity index (χ1) is 9.17. The van der Waals surface area contributed by atoms with E-state index in [2.05, 4.69) is 34.0 Å². The maximum Gasteiger partial charge on any atom is 0.270 e. The second-order valence-electron chi connectivity index (χ2n) is 4.22. The van der Waals surface area contributed by atoms with Crippen LogP contribution in [0.2, 0.25) is 0 Å². The zero-order valence-corrected chi connectivity index (χ0v) is 14.1. The second-order valence-corrected chi connectivity index (χ2v) is 6.95. The first-order valence-corrected chi connectivity index (χ1v) is 8.29. The highest BCUT2D eigenvalue weighted by molar-refractivity contribution is 14.1. The van der Waals surface area contributed by atoms with Crippen molar-refractivity contribution in [2.24, 2.45) is 0 Å². The highest BCUT2D eigenvalue weighted by Crippen LogP contribution is 2.21. The molecule has 2 aromatic rings. The predicted octanol–water partition coefficient (Wildman–Crippen LogP) is 3.68. The van der Waals surface area contributed by atoms with Gasteiger partial charge in [0.15, 0.2) is 0 Å². The van der Waals surface area contributed by atoms with Crippen LogP contribution >= 0.6 is 33.9 Å². The van der Waals surface area contributed by atoms with Gasteiger partial charge in [-0.15, -0.1) is 11.3 Å². The van der Waals surface area contributed by atoms with Crippen molar-refractivity contribution in [2.75, 3.05) is 13.1 Å². The first kappa shape index (κ1) is 14.6. The monoisotopic (exact) mass is 388 g/mol. The topological polar surface area (TPSA) is 25.2 Å². The average molecular weight is 388 g/mol. The van der Waals surface area contributed by atoms with E-state index in [1.54, 1.807) is 11.3 Å². The van der Waals surface area contributed by atoms with Crippen LogP contribution in [0, 0.1) is 2.88 Å². The molecule has 3 nitrogen and oxygen atoms in total. The van der Waals surface area contributed by atoms with E-state index in [9.17, 15) is 4.79 Å². The fourth-order valence-corrected chi connectivity index (χ4v) is 3.46. The molecule has 0 spiro atoms. The normalized spacial score (nSPS) is 10.7. The third-order valence-electron chi connectivity index (χ3n) is 3.13. The van der Waals surface area contributed by atoms with Crippen molar-refractivity contribution in [1.29, 1.82) is 0 Å². The fourth-order valence-electron chi connectivity index (χ4n) is 2.03. The smallest absolute Gasteiger partial charge is 0.270 e. The number of amides is 1. The Hall–Kier alpha value is -0.820. The summed E-state index contributed by atoms with van der Waals surface area (Å²) < 4.78 is 3.32. The van der Waals surface area contributed by atoms with Crippen LogP contribution in [0.25, 0.3) is 0 Å². The Bertz CT molecular complexity index is 557. The quantitative estimate of drug-likeness (QED) is 0.718. The molecule has 0 saturated heterocycles. The van der Waals surface area contributed by atoms with Crippen molar-refractivity contribution in [1.82, 2.24) is 9.47 Å². The summed E-state index contributed by atoms with van der Waals surface area (Å²) in [7, 11) is 0. The lowest BCUT2D eigenvalue weighted by atomic mass is 10.3. The van der Waals surface area contributed by atoms with Gasteiger partial charge < -0.3 is 9.47 Å². The SMILES string of the molecule is CCN(CC)C(=O)c1cccn1Cc1ccsc1I. The summed E-state index contributed by atoms with van der Waals surface area (Å²) in [4.78, 5) is 14.3. The lowest BCUT2D eigenvalue weighted by Gasteiger charge is -2.19. The third-order valence-corrected chi connectivity index (χ3v) is 5.33. The van der Waals surface area contributed by atoms with Gasteiger partial charge in [0, 0.05) is 25.8 Å². The molecule has 0 saturated carbocycles. The molecule has 5 heteroatoms. The van der Waals surface area contributed by atoms with Crippen LogP contribution in [0.1, 0.15) is 29.9 Å². The molecule has 19 heavy (non-hydrogen) atoms. The van der Waals surface area contributed by atoms with Gasteiger partial charge >= 0.3 is 0 Å². The minimum absolute atomic E-state index is 0.111. The molecule has 0 aliphatic heterocycles. The van der Waals surface area contributed by atoms with Gasteiger partial charge in [-0.1, -0.05) is 0 Å². The van der Waals surface area contributed by atoms with Crippen LogP contribution in [0.15, 0.2) is 29.8 Å². The lowest BCUT2D eigenvalue weighted by molar-refractivity contribution is 0.0762. The summed E-state index contributed by atoms with van der Waals surface area (Å²) in [6.45, 7) is 6.27. The van der Waals surface area contributed by atoms with Gasteiger partial charge in [-0.25, -0.2) is 0 Å². The van der Waals surface area contributed by atoms with Crippen molar-refractivity contribution >= 4 is 39.8 Å². The second kappa shape index (κ2) is 6.56. The molecule has 2 rings (SSSR count). The van der Waals surface area contributed by atoms with Gasteiger partial charge in [-0.05, 0) is 65.6 Å². The van der Waals surface area contributed by atoms with Crippen LogP contribution in [-0.4, -0.2) is 28.5 Å². The van der Waals surface area contributed by atoms with Gasteiger partial charge in [-0.3, -0.25) is 4.79 Å². The predicted molar refractivity (Wildman–Crippen MR) is 87.8 cm³/mol. The summed E-state index contributed by atoms with van der Waals surface area (Å²) in [6, 6.07) is 5.97. The summed E-state index contributed by atoms with van der Waals surface area (Å²) in [5, 5.41) is 2.09. The molecular weight excluding hydrogens is 371 g/mol. The van der Waals surface area contributed by atoms with E-state index in [1.807, 2.05) is 41.6 Å². The molecule has 0 fully saturated rings. The van der Waals surface area contributed by atoms with Crippen molar-refractivity contribution in [3.63, 3.8) is 0 Å². The Balaban J connectivity index is 2.23. The summed E-state index contributed by atoms with van der Waals surface area (Å²) in [5.74, 6) is 0.111. The number of carbonyl (C=O) groups is 1. The zero-order chi connectivity index (χ0) is 13.8. The molecule has 102 valence electrons. The molecule has 2 heterocycles. The van der Waals surface area contributed by atoms with Crippen molar-refractivity contribution < 1.29 is 4.79 Å². The molecular formula is C14H17IN2OS. The van der Waals surface area contributed by atoms with Crippen LogP contribution in [-0.2, 0) is 6.54 Å². The molecule has 0 aliphatic carbocycles. The molecule has 0 aromatic carbocycles. The van der Waals surface area contributed by atoms with E-state index < -0.39 is 0 Å². The maximum absolute atomic E-state index is 12.4. The highest BCUT2D eigenvalue weighted by atomic mass is 127. The number of nitrogens with zero attached hydrogens (tertiary/aromatic N) is 2. The summed E-state index contributed by atoms with van der Waals surface area (Å²) >= 11 is 4.08. The Labute approximate surface area is 131 Å². The van der Waals surface area contributed by atoms with Crippen LogP contribution < -0.4 is 0 Å². The minimum Gasteiger partial charge on any atom is -0.339 e. The minimum atomic E-state index is 0.111. The fraction of sp³-hybridized carbons (Fsp3) is 0.357. The molecule has 1 amide bonds. The number of thiophene rings is 1. The number of hydrogen-bond acceptors (Lipinski definition) is 2. The summed E-state index contributed by atoms with van der Waals surface area (Å²) in [6.07, 6.45) is 1.98. The highest BCUT2D eigenvalue weighted by Gasteiger charge is 2.16. The van der Waals surface area contributed by atoms with Gasteiger partial charge in [0.1, 0.15) is 5.69 Å². The first-order valence-electron chi connectivity index (χ1n) is 6.33. The van der Waals surface area contributed by atoms with Crippen molar-refractivity contribution in [3.05, 3.63) is 43.9 Å². The largest absolute Gasteiger partial charge is 0.339 e. The molecule has 2 aromatic heterocycles. The number of hydrogen-bond donors (Lipinski definition) is 0. The van der Waals surface area contributed by atoms with E-state index in [1.165, 1.54) is 8.45 Å². The van der Waals surface area contributed by atoms with Crippen LogP contribution in [0.4, 0.5) is 0 Å². The molecule has 0 N–H and O–H groups in total. The number of carbonyl (C=O) groups excluding carboxylic acids is 1. The van der Waals surface area contributed by atoms with Crippen molar-refractivity contribution in [3.8, 4) is 0 Å². The zero-order valence-electron chi connectivity index (χ0n) is 11.1. The standard InChI is InChI=1S/C14H17IN2OS/c1-3-16(4-2)14(18)12-6-5-8-17(12)10-11-7-9-19-13(11)15/h5-9H,3-4,10H2,1-2H3. The van der Waals surface area contributed by atoms with Crippen LogP contribution in [0.5, 0.6) is 0 Å². The van der Waals surface area contributed by atoms with E-state index in [4.69, 9.17) is 0 Å². The van der Waals surface area contributed by atoms with Gasteiger partial charge in [0.2, 0.25) is 0 Å².